The molecule has 3 nitrogen and oxygen atoms in total. The maximum atomic E-state index is 12.7. The van der Waals surface area contributed by atoms with Crippen molar-refractivity contribution in [1.29, 1.82) is 0 Å². The van der Waals surface area contributed by atoms with Gasteiger partial charge >= 0.3 is 0 Å². The normalized spacial score (nSPS) is 16.3. The second-order valence-corrected chi connectivity index (χ2v) is 6.67. The highest BCUT2D eigenvalue weighted by molar-refractivity contribution is 7.99. The number of anilines is 1. The van der Waals surface area contributed by atoms with Gasteiger partial charge < -0.3 is 5.32 Å². The molecule has 0 fully saturated rings. The van der Waals surface area contributed by atoms with Crippen molar-refractivity contribution in [2.45, 2.75) is 5.25 Å². The van der Waals surface area contributed by atoms with E-state index in [1.54, 1.807) is 36.4 Å². The van der Waals surface area contributed by atoms with Crippen LogP contribution in [0, 0.1) is 0 Å². The molecule has 2 aromatic carbocycles. The lowest BCUT2D eigenvalue weighted by molar-refractivity contribution is -0.115. The van der Waals surface area contributed by atoms with Gasteiger partial charge in [-0.05, 0) is 42.7 Å². The van der Waals surface area contributed by atoms with Gasteiger partial charge in [0.15, 0.2) is 5.78 Å². The molecule has 0 spiro atoms. The number of carbonyl (C=O) groups is 2. The summed E-state index contributed by atoms with van der Waals surface area (Å²) in [7, 11) is 0. The lowest BCUT2D eigenvalue weighted by atomic mass is 9.99. The van der Waals surface area contributed by atoms with Gasteiger partial charge in [0.2, 0.25) is 5.91 Å². The highest BCUT2D eigenvalue weighted by Gasteiger charge is 2.33. The van der Waals surface area contributed by atoms with Crippen molar-refractivity contribution in [2.24, 2.45) is 0 Å². The fourth-order valence-electron chi connectivity index (χ4n) is 2.47. The van der Waals surface area contributed by atoms with Crippen molar-refractivity contribution < 1.29 is 9.59 Å². The van der Waals surface area contributed by atoms with Gasteiger partial charge in [0.1, 0.15) is 5.25 Å². The van der Waals surface area contributed by atoms with Crippen molar-refractivity contribution in [2.75, 3.05) is 11.6 Å². The zero-order valence-electron chi connectivity index (χ0n) is 11.5. The molecule has 6 heteroatoms. The van der Waals surface area contributed by atoms with Gasteiger partial charge in [-0.3, -0.25) is 9.59 Å². The quantitative estimate of drug-likeness (QED) is 0.823. The minimum Gasteiger partial charge on any atom is -0.324 e. The van der Waals surface area contributed by atoms with Crippen LogP contribution in [0.15, 0.2) is 36.4 Å². The Morgan fingerprint density at radius 1 is 1.14 bits per heavy atom. The number of fused-ring (bicyclic) bond motifs is 1. The third-order valence-electron chi connectivity index (χ3n) is 3.49. The first-order valence-electron chi connectivity index (χ1n) is 6.48. The number of halogens is 2. The van der Waals surface area contributed by atoms with Gasteiger partial charge in [-0.15, -0.1) is 11.8 Å². The van der Waals surface area contributed by atoms with Crippen molar-refractivity contribution in [3.05, 3.63) is 63.1 Å². The summed E-state index contributed by atoms with van der Waals surface area (Å²) in [5.41, 5.74) is 2.20. The van der Waals surface area contributed by atoms with Gasteiger partial charge in [-0.25, -0.2) is 0 Å². The van der Waals surface area contributed by atoms with Crippen molar-refractivity contribution in [3.63, 3.8) is 0 Å². The zero-order chi connectivity index (χ0) is 15.9. The van der Waals surface area contributed by atoms with Crippen LogP contribution in [0.1, 0.15) is 26.7 Å². The molecule has 0 aliphatic carbocycles. The van der Waals surface area contributed by atoms with Gasteiger partial charge in [0.25, 0.3) is 0 Å². The van der Waals surface area contributed by atoms with Crippen LogP contribution in [-0.4, -0.2) is 17.9 Å². The second-order valence-electron chi connectivity index (χ2n) is 4.86. The van der Waals surface area contributed by atoms with E-state index >= 15 is 0 Å². The molecule has 0 radical (unpaired) electrons. The summed E-state index contributed by atoms with van der Waals surface area (Å²) in [6, 6.07) is 9.93. The van der Waals surface area contributed by atoms with E-state index in [1.807, 2.05) is 6.26 Å². The monoisotopic (exact) mass is 351 g/mol. The summed E-state index contributed by atoms with van der Waals surface area (Å²) in [6.07, 6.45) is 1.85. The molecule has 112 valence electrons. The predicted octanol–water partition coefficient (Wildman–Crippen LogP) is 4.58. The molecule has 0 saturated heterocycles. The molecule has 1 aliphatic heterocycles. The molecule has 0 aromatic heterocycles. The molecule has 1 amide bonds. The Labute approximate surface area is 142 Å². The third-order valence-corrected chi connectivity index (χ3v) is 4.90. The third kappa shape index (κ3) is 2.62. The molecule has 22 heavy (non-hydrogen) atoms. The molecular weight excluding hydrogens is 341 g/mol. The van der Waals surface area contributed by atoms with Crippen molar-refractivity contribution in [3.8, 4) is 0 Å². The fourth-order valence-corrected chi connectivity index (χ4v) is 3.54. The number of nitrogens with one attached hydrogen (secondary N) is 1. The average molecular weight is 352 g/mol. The first-order chi connectivity index (χ1) is 10.5. The molecule has 1 atom stereocenters. The van der Waals surface area contributed by atoms with Crippen LogP contribution >= 0.6 is 35.0 Å². The number of thioether (sulfide) groups is 1. The Hall–Kier alpha value is -1.49. The zero-order valence-corrected chi connectivity index (χ0v) is 13.9. The summed E-state index contributed by atoms with van der Waals surface area (Å²) < 4.78 is 0. The standard InChI is InChI=1S/C16H11Cl2NO2S/c1-22-15-12-7-10(18)6-11(13(12)19-16(15)21)14(20)8-2-4-9(17)5-3-8/h2-7,15H,1H3,(H,19,21). The fraction of sp³-hybridized carbons (Fsp3) is 0.125. The molecule has 1 heterocycles. The summed E-state index contributed by atoms with van der Waals surface area (Å²) in [6.45, 7) is 0. The topological polar surface area (TPSA) is 46.2 Å². The van der Waals surface area contributed by atoms with Crippen LogP contribution in [-0.2, 0) is 4.79 Å². The van der Waals surface area contributed by atoms with Crippen LogP contribution in [0.3, 0.4) is 0 Å². The van der Waals surface area contributed by atoms with Crippen molar-refractivity contribution in [1.82, 2.24) is 0 Å². The van der Waals surface area contributed by atoms with E-state index in [9.17, 15) is 9.59 Å². The highest BCUT2D eigenvalue weighted by atomic mass is 35.5. The molecule has 1 aliphatic rings. The first kappa shape index (κ1) is 15.4. The van der Waals surface area contributed by atoms with E-state index in [-0.39, 0.29) is 16.9 Å². The van der Waals surface area contributed by atoms with Crippen LogP contribution in [0.2, 0.25) is 10.0 Å². The summed E-state index contributed by atoms with van der Waals surface area (Å²) in [4.78, 5) is 24.7. The smallest absolute Gasteiger partial charge is 0.242 e. The maximum Gasteiger partial charge on any atom is 0.242 e. The Morgan fingerprint density at radius 2 is 1.82 bits per heavy atom. The van der Waals surface area contributed by atoms with Gasteiger partial charge in [0.05, 0.1) is 5.69 Å². The predicted molar refractivity (Wildman–Crippen MR) is 91.2 cm³/mol. The number of carbonyl (C=O) groups excluding carboxylic acids is 2. The number of hydrogen-bond donors (Lipinski definition) is 1. The van der Waals surface area contributed by atoms with E-state index in [1.165, 1.54) is 11.8 Å². The molecule has 1 N–H and O–H groups in total. The van der Waals surface area contributed by atoms with E-state index in [2.05, 4.69) is 5.32 Å². The maximum absolute atomic E-state index is 12.7. The van der Waals surface area contributed by atoms with E-state index in [4.69, 9.17) is 23.2 Å². The SMILES string of the molecule is CSC1C(=O)Nc2c(C(=O)c3ccc(Cl)cc3)cc(Cl)cc21. The Bertz CT molecular complexity index is 774. The number of rotatable bonds is 3. The van der Waals surface area contributed by atoms with Crippen molar-refractivity contribution >= 4 is 52.3 Å². The van der Waals surface area contributed by atoms with Crippen LogP contribution < -0.4 is 5.32 Å². The molecule has 0 bridgehead atoms. The molecule has 2 aromatic rings. The lowest BCUT2D eigenvalue weighted by Crippen LogP contribution is -2.10. The molecule has 1 unspecified atom stereocenters. The number of benzene rings is 2. The van der Waals surface area contributed by atoms with Crippen LogP contribution in [0.5, 0.6) is 0 Å². The number of hydrogen-bond acceptors (Lipinski definition) is 3. The largest absolute Gasteiger partial charge is 0.324 e. The van der Waals surface area contributed by atoms with Gasteiger partial charge in [-0.1, -0.05) is 23.2 Å². The minimum absolute atomic E-state index is 0.130. The van der Waals surface area contributed by atoms with E-state index in [0.717, 1.165) is 5.56 Å². The van der Waals surface area contributed by atoms with Crippen LogP contribution in [0.25, 0.3) is 0 Å². The molecular formula is C16H11Cl2NO2S. The summed E-state index contributed by atoms with van der Waals surface area (Å²) >= 11 is 13.4. The molecule has 3 rings (SSSR count). The number of amides is 1. The Morgan fingerprint density at radius 3 is 2.45 bits per heavy atom. The Kier molecular flexibility index (Phi) is 4.17. The van der Waals surface area contributed by atoms with Gasteiger partial charge in [0, 0.05) is 26.7 Å². The lowest BCUT2D eigenvalue weighted by Gasteiger charge is -2.09. The average Bonchev–Trinajstić information content (AvgIpc) is 2.81. The van der Waals surface area contributed by atoms with E-state index < -0.39 is 0 Å². The second kappa shape index (κ2) is 5.95. The van der Waals surface area contributed by atoms with Crippen LogP contribution in [0.4, 0.5) is 5.69 Å². The first-order valence-corrected chi connectivity index (χ1v) is 8.53. The minimum atomic E-state index is -0.342. The van der Waals surface area contributed by atoms with E-state index in [0.29, 0.717) is 26.9 Å². The summed E-state index contributed by atoms with van der Waals surface area (Å²) in [5, 5.41) is 3.44. The number of ketones is 1. The van der Waals surface area contributed by atoms with Gasteiger partial charge in [-0.2, -0.15) is 0 Å². The Balaban J connectivity index is 2.11. The summed E-state index contributed by atoms with van der Waals surface area (Å²) in [5.74, 6) is -0.326. The highest BCUT2D eigenvalue weighted by Crippen LogP contribution is 2.42. The molecule has 0 saturated carbocycles.